The summed E-state index contributed by atoms with van der Waals surface area (Å²) in [7, 11) is 0. The second kappa shape index (κ2) is 3.96. The molecule has 1 aromatic rings. The van der Waals surface area contributed by atoms with Gasteiger partial charge < -0.3 is 0 Å². The SMILES string of the molecule is O=C(NO)C(Cl)(Cl)c1ccccc1. The van der Waals surface area contributed by atoms with E-state index in [1.807, 2.05) is 0 Å². The van der Waals surface area contributed by atoms with Crippen molar-refractivity contribution in [3.05, 3.63) is 35.9 Å². The first-order valence-electron chi connectivity index (χ1n) is 3.47. The largest absolute Gasteiger partial charge is 0.289 e. The highest BCUT2D eigenvalue weighted by atomic mass is 35.5. The topological polar surface area (TPSA) is 49.3 Å². The molecule has 0 atom stereocenters. The molecule has 0 aliphatic heterocycles. The minimum absolute atomic E-state index is 0.407. The van der Waals surface area contributed by atoms with E-state index >= 15 is 0 Å². The number of benzene rings is 1. The van der Waals surface area contributed by atoms with Gasteiger partial charge in [0.2, 0.25) is 4.33 Å². The molecule has 70 valence electrons. The zero-order valence-electron chi connectivity index (χ0n) is 6.50. The van der Waals surface area contributed by atoms with Crippen LogP contribution < -0.4 is 5.48 Å². The highest BCUT2D eigenvalue weighted by Gasteiger charge is 2.35. The Morgan fingerprint density at radius 2 is 1.85 bits per heavy atom. The summed E-state index contributed by atoms with van der Waals surface area (Å²) in [5.41, 5.74) is 1.81. The number of hydrogen-bond donors (Lipinski definition) is 2. The first kappa shape index (κ1) is 10.3. The summed E-state index contributed by atoms with van der Waals surface area (Å²) in [6.45, 7) is 0. The van der Waals surface area contributed by atoms with E-state index in [1.165, 1.54) is 5.48 Å². The van der Waals surface area contributed by atoms with Crippen molar-refractivity contribution in [1.29, 1.82) is 0 Å². The van der Waals surface area contributed by atoms with E-state index in [1.54, 1.807) is 30.3 Å². The Hall–Kier alpha value is -0.770. The van der Waals surface area contributed by atoms with Gasteiger partial charge in [-0.25, -0.2) is 5.48 Å². The number of hydrogen-bond acceptors (Lipinski definition) is 2. The Labute approximate surface area is 85.2 Å². The zero-order valence-corrected chi connectivity index (χ0v) is 8.01. The van der Waals surface area contributed by atoms with Crippen LogP contribution in [0.1, 0.15) is 5.56 Å². The number of halogens is 2. The highest BCUT2D eigenvalue weighted by molar-refractivity contribution is 6.57. The predicted molar refractivity (Wildman–Crippen MR) is 49.8 cm³/mol. The van der Waals surface area contributed by atoms with Crippen molar-refractivity contribution in [2.75, 3.05) is 0 Å². The first-order valence-corrected chi connectivity index (χ1v) is 4.22. The van der Waals surface area contributed by atoms with Crippen molar-refractivity contribution >= 4 is 29.1 Å². The van der Waals surface area contributed by atoms with Crippen LogP contribution in [0.15, 0.2) is 30.3 Å². The molecular weight excluding hydrogens is 213 g/mol. The number of nitrogens with one attached hydrogen (secondary N) is 1. The third-order valence-electron chi connectivity index (χ3n) is 1.52. The summed E-state index contributed by atoms with van der Waals surface area (Å²) in [6.07, 6.45) is 0. The van der Waals surface area contributed by atoms with Crippen molar-refractivity contribution in [1.82, 2.24) is 5.48 Å². The van der Waals surface area contributed by atoms with Crippen LogP contribution in [0.25, 0.3) is 0 Å². The highest BCUT2D eigenvalue weighted by Crippen LogP contribution is 2.33. The third kappa shape index (κ3) is 2.12. The fourth-order valence-corrected chi connectivity index (χ4v) is 1.19. The molecule has 0 saturated heterocycles. The molecule has 0 unspecified atom stereocenters. The van der Waals surface area contributed by atoms with Gasteiger partial charge in [0.15, 0.2) is 0 Å². The van der Waals surface area contributed by atoms with Crippen LogP contribution in [0.5, 0.6) is 0 Å². The summed E-state index contributed by atoms with van der Waals surface area (Å²) in [5.74, 6) is -0.873. The molecule has 2 N–H and O–H groups in total. The molecule has 0 aromatic heterocycles. The molecule has 1 amide bonds. The minimum Gasteiger partial charge on any atom is -0.289 e. The molecule has 0 saturated carbocycles. The van der Waals surface area contributed by atoms with Gasteiger partial charge in [-0.15, -0.1) is 0 Å². The van der Waals surface area contributed by atoms with Crippen molar-refractivity contribution in [2.24, 2.45) is 0 Å². The average Bonchev–Trinajstić information content (AvgIpc) is 2.18. The fraction of sp³-hybridized carbons (Fsp3) is 0.125. The maximum absolute atomic E-state index is 11.0. The van der Waals surface area contributed by atoms with Crippen molar-refractivity contribution in [3.8, 4) is 0 Å². The maximum Gasteiger partial charge on any atom is 0.284 e. The molecule has 0 aliphatic carbocycles. The Morgan fingerprint density at radius 3 is 2.31 bits per heavy atom. The van der Waals surface area contributed by atoms with E-state index in [-0.39, 0.29) is 0 Å². The molecule has 3 nitrogen and oxygen atoms in total. The lowest BCUT2D eigenvalue weighted by atomic mass is 10.1. The number of alkyl halides is 2. The van der Waals surface area contributed by atoms with E-state index in [4.69, 9.17) is 28.4 Å². The van der Waals surface area contributed by atoms with E-state index in [0.29, 0.717) is 5.56 Å². The first-order chi connectivity index (χ1) is 6.09. The average molecular weight is 220 g/mol. The summed E-state index contributed by atoms with van der Waals surface area (Å²) in [4.78, 5) is 11.0. The molecule has 0 radical (unpaired) electrons. The van der Waals surface area contributed by atoms with Crippen LogP contribution in [0.2, 0.25) is 0 Å². The van der Waals surface area contributed by atoms with E-state index < -0.39 is 10.2 Å². The Bertz CT molecular complexity index is 300. The Balaban J connectivity index is 3.00. The van der Waals surface area contributed by atoms with Crippen molar-refractivity contribution in [3.63, 3.8) is 0 Å². The Morgan fingerprint density at radius 1 is 1.31 bits per heavy atom. The molecule has 0 bridgehead atoms. The smallest absolute Gasteiger partial charge is 0.284 e. The normalized spacial score (nSPS) is 11.0. The van der Waals surface area contributed by atoms with Crippen LogP contribution in [-0.4, -0.2) is 11.1 Å². The summed E-state index contributed by atoms with van der Waals surface area (Å²) >= 11 is 11.4. The summed E-state index contributed by atoms with van der Waals surface area (Å²) < 4.78 is -1.75. The quantitative estimate of drug-likeness (QED) is 0.453. The Kier molecular flexibility index (Phi) is 3.14. The van der Waals surface area contributed by atoms with Gasteiger partial charge in [-0.1, -0.05) is 53.5 Å². The van der Waals surface area contributed by atoms with Gasteiger partial charge in [0.25, 0.3) is 5.91 Å². The number of carbonyl (C=O) groups is 1. The number of rotatable bonds is 2. The second-order valence-electron chi connectivity index (χ2n) is 2.38. The van der Waals surface area contributed by atoms with E-state index in [0.717, 1.165) is 0 Å². The maximum atomic E-state index is 11.0. The number of amides is 1. The predicted octanol–water partition coefficient (Wildman–Crippen LogP) is 1.82. The molecule has 13 heavy (non-hydrogen) atoms. The fourth-order valence-electron chi connectivity index (χ4n) is 0.849. The lowest BCUT2D eigenvalue weighted by Gasteiger charge is -2.16. The minimum atomic E-state index is -1.75. The van der Waals surface area contributed by atoms with Gasteiger partial charge in [-0.3, -0.25) is 10.0 Å². The van der Waals surface area contributed by atoms with Crippen LogP contribution >= 0.6 is 23.2 Å². The number of carbonyl (C=O) groups excluding carboxylic acids is 1. The number of hydroxylamine groups is 1. The molecule has 0 heterocycles. The molecule has 1 aromatic carbocycles. The molecular formula is C8H7Cl2NO2. The van der Waals surface area contributed by atoms with Gasteiger partial charge in [-0.2, -0.15) is 0 Å². The zero-order chi connectivity index (χ0) is 9.90. The molecule has 0 spiro atoms. The third-order valence-corrected chi connectivity index (χ3v) is 2.30. The van der Waals surface area contributed by atoms with E-state index in [9.17, 15) is 4.79 Å². The molecule has 0 aliphatic rings. The van der Waals surface area contributed by atoms with Crippen LogP contribution in [0, 0.1) is 0 Å². The molecule has 5 heteroatoms. The van der Waals surface area contributed by atoms with Gasteiger partial charge in [-0.05, 0) is 5.56 Å². The summed E-state index contributed by atoms with van der Waals surface area (Å²) in [5, 5.41) is 8.36. The molecule has 0 fully saturated rings. The lowest BCUT2D eigenvalue weighted by Crippen LogP contribution is -2.34. The van der Waals surface area contributed by atoms with Crippen LogP contribution in [-0.2, 0) is 9.13 Å². The monoisotopic (exact) mass is 219 g/mol. The van der Waals surface area contributed by atoms with Crippen molar-refractivity contribution in [2.45, 2.75) is 4.33 Å². The van der Waals surface area contributed by atoms with Gasteiger partial charge in [0.1, 0.15) is 0 Å². The van der Waals surface area contributed by atoms with E-state index in [2.05, 4.69) is 0 Å². The standard InChI is InChI=1S/C8H7Cl2NO2/c9-8(10,7(12)11-13)6-4-2-1-3-5-6/h1-5,13H,(H,11,12). The summed E-state index contributed by atoms with van der Waals surface area (Å²) in [6, 6.07) is 8.34. The van der Waals surface area contributed by atoms with Gasteiger partial charge in [0, 0.05) is 0 Å². The molecule has 1 rings (SSSR count). The van der Waals surface area contributed by atoms with Crippen molar-refractivity contribution < 1.29 is 10.0 Å². The van der Waals surface area contributed by atoms with Gasteiger partial charge in [0.05, 0.1) is 0 Å². The van der Waals surface area contributed by atoms with Crippen LogP contribution in [0.4, 0.5) is 0 Å². The second-order valence-corrected chi connectivity index (χ2v) is 3.71. The lowest BCUT2D eigenvalue weighted by molar-refractivity contribution is -0.130. The van der Waals surface area contributed by atoms with Crippen LogP contribution in [0.3, 0.4) is 0 Å². The van der Waals surface area contributed by atoms with Gasteiger partial charge >= 0.3 is 0 Å².